The second-order valence-corrected chi connectivity index (χ2v) is 6.09. The molecule has 0 aliphatic carbocycles. The van der Waals surface area contributed by atoms with Crippen molar-refractivity contribution in [2.75, 3.05) is 26.8 Å². The summed E-state index contributed by atoms with van der Waals surface area (Å²) in [4.78, 5) is 2.59. The fourth-order valence-corrected chi connectivity index (χ4v) is 3.61. The molecule has 1 aromatic rings. The summed E-state index contributed by atoms with van der Waals surface area (Å²) >= 11 is 0. The highest BCUT2D eigenvalue weighted by Crippen LogP contribution is 2.35. The Hall–Kier alpha value is -1.10. The lowest BCUT2D eigenvalue weighted by Gasteiger charge is -2.47. The Morgan fingerprint density at radius 3 is 2.86 bits per heavy atom. The molecule has 1 N–H and O–H groups in total. The van der Waals surface area contributed by atoms with E-state index in [1.54, 1.807) is 0 Å². The minimum atomic E-state index is 0.294. The van der Waals surface area contributed by atoms with Crippen LogP contribution in [0.3, 0.4) is 0 Å². The molecule has 0 spiro atoms. The van der Waals surface area contributed by atoms with Gasteiger partial charge in [0.2, 0.25) is 0 Å². The summed E-state index contributed by atoms with van der Waals surface area (Å²) in [5.41, 5.74) is 1.27. The topological polar surface area (TPSA) is 33.7 Å². The third-order valence-electron chi connectivity index (χ3n) is 4.77. The molecule has 2 aliphatic rings. The molecule has 1 aromatic carbocycles. The summed E-state index contributed by atoms with van der Waals surface area (Å²) in [6.45, 7) is 6.94. The number of likely N-dealkylation sites (N-methyl/N-ethyl adjacent to an activating group) is 1. The van der Waals surface area contributed by atoms with Crippen molar-refractivity contribution in [3.63, 3.8) is 0 Å². The second-order valence-electron chi connectivity index (χ2n) is 6.09. The third-order valence-corrected chi connectivity index (χ3v) is 4.77. The van der Waals surface area contributed by atoms with E-state index in [1.807, 2.05) is 13.1 Å². The highest BCUT2D eigenvalue weighted by molar-refractivity contribution is 5.38. The van der Waals surface area contributed by atoms with Gasteiger partial charge in [-0.1, -0.05) is 25.1 Å². The maximum Gasteiger partial charge on any atom is 0.124 e. The third kappa shape index (κ3) is 2.80. The maximum atomic E-state index is 6.03. The Labute approximate surface area is 127 Å². The first-order valence-electron chi connectivity index (χ1n) is 8.01. The Bertz CT molecular complexity index is 480. The van der Waals surface area contributed by atoms with E-state index < -0.39 is 0 Å². The lowest BCUT2D eigenvalue weighted by atomic mass is 9.93. The molecule has 4 nitrogen and oxygen atoms in total. The van der Waals surface area contributed by atoms with Gasteiger partial charge in [0.1, 0.15) is 12.4 Å². The zero-order valence-corrected chi connectivity index (χ0v) is 13.2. The normalized spacial score (nSPS) is 33.3. The monoisotopic (exact) mass is 290 g/mol. The largest absolute Gasteiger partial charge is 0.492 e. The molecule has 4 heteroatoms. The Morgan fingerprint density at radius 1 is 1.29 bits per heavy atom. The van der Waals surface area contributed by atoms with Crippen LogP contribution in [0.1, 0.15) is 31.9 Å². The summed E-state index contributed by atoms with van der Waals surface area (Å²) in [6, 6.07) is 9.53. The van der Waals surface area contributed by atoms with Gasteiger partial charge in [-0.2, -0.15) is 0 Å². The van der Waals surface area contributed by atoms with Crippen molar-refractivity contribution < 1.29 is 9.47 Å². The lowest BCUT2D eigenvalue weighted by Crippen LogP contribution is -2.59. The summed E-state index contributed by atoms with van der Waals surface area (Å²) in [5.74, 6) is 1.02. The first-order chi connectivity index (χ1) is 10.2. The Balaban J connectivity index is 1.87. The Morgan fingerprint density at radius 2 is 2.10 bits per heavy atom. The highest BCUT2D eigenvalue weighted by atomic mass is 16.5. The zero-order chi connectivity index (χ0) is 14.8. The molecule has 4 unspecified atom stereocenters. The van der Waals surface area contributed by atoms with Crippen LogP contribution in [0.5, 0.6) is 5.75 Å². The van der Waals surface area contributed by atoms with Gasteiger partial charge >= 0.3 is 0 Å². The first kappa shape index (κ1) is 14.8. The Kier molecular flexibility index (Phi) is 4.48. The van der Waals surface area contributed by atoms with E-state index in [0.717, 1.165) is 31.9 Å². The van der Waals surface area contributed by atoms with Crippen LogP contribution >= 0.6 is 0 Å². The van der Waals surface area contributed by atoms with Crippen molar-refractivity contribution in [2.24, 2.45) is 0 Å². The van der Waals surface area contributed by atoms with Crippen LogP contribution in [0.25, 0.3) is 0 Å². The van der Waals surface area contributed by atoms with Gasteiger partial charge in [-0.05, 0) is 26.5 Å². The molecule has 0 aromatic heterocycles. The van der Waals surface area contributed by atoms with Gasteiger partial charge in [-0.3, -0.25) is 4.90 Å². The smallest absolute Gasteiger partial charge is 0.124 e. The molecule has 0 saturated carbocycles. The molecule has 21 heavy (non-hydrogen) atoms. The number of hydrogen-bond acceptors (Lipinski definition) is 4. The quantitative estimate of drug-likeness (QED) is 0.925. The summed E-state index contributed by atoms with van der Waals surface area (Å²) < 4.78 is 11.9. The molecule has 2 aliphatic heterocycles. The predicted molar refractivity (Wildman–Crippen MR) is 83.7 cm³/mol. The van der Waals surface area contributed by atoms with Crippen LogP contribution in [0, 0.1) is 0 Å². The zero-order valence-electron chi connectivity index (χ0n) is 13.2. The second kappa shape index (κ2) is 6.34. The molecule has 3 rings (SSSR count). The fourth-order valence-electron chi connectivity index (χ4n) is 3.61. The van der Waals surface area contributed by atoms with Gasteiger partial charge < -0.3 is 14.8 Å². The maximum absolute atomic E-state index is 6.03. The summed E-state index contributed by atoms with van der Waals surface area (Å²) in [5, 5.41) is 3.50. The fraction of sp³-hybridized carbons (Fsp3) is 0.647. The van der Waals surface area contributed by atoms with Crippen LogP contribution < -0.4 is 10.1 Å². The number of hydrogen-bond donors (Lipinski definition) is 1. The number of ether oxygens (including phenoxy) is 2. The predicted octanol–water partition coefficient (Wildman–Crippen LogP) is 2.21. The molecule has 2 heterocycles. The van der Waals surface area contributed by atoms with E-state index in [1.165, 1.54) is 5.56 Å². The summed E-state index contributed by atoms with van der Waals surface area (Å²) in [7, 11) is 2.05. The van der Waals surface area contributed by atoms with E-state index >= 15 is 0 Å². The average Bonchev–Trinajstić information content (AvgIpc) is 2.53. The average molecular weight is 290 g/mol. The van der Waals surface area contributed by atoms with Gasteiger partial charge in [0.25, 0.3) is 0 Å². The van der Waals surface area contributed by atoms with Crippen LogP contribution in [0.4, 0.5) is 0 Å². The van der Waals surface area contributed by atoms with Crippen molar-refractivity contribution in [3.8, 4) is 5.75 Å². The molecular formula is C17H26N2O2. The number of nitrogens with zero attached hydrogens (tertiary/aromatic N) is 1. The van der Waals surface area contributed by atoms with E-state index in [-0.39, 0.29) is 0 Å². The van der Waals surface area contributed by atoms with Crippen molar-refractivity contribution in [1.29, 1.82) is 0 Å². The van der Waals surface area contributed by atoms with Crippen LogP contribution in [0.15, 0.2) is 24.3 Å². The minimum Gasteiger partial charge on any atom is -0.492 e. The van der Waals surface area contributed by atoms with Crippen molar-refractivity contribution in [3.05, 3.63) is 29.8 Å². The van der Waals surface area contributed by atoms with E-state index in [4.69, 9.17) is 9.47 Å². The van der Waals surface area contributed by atoms with Crippen molar-refractivity contribution in [2.45, 2.75) is 44.5 Å². The molecule has 0 bridgehead atoms. The van der Waals surface area contributed by atoms with E-state index in [0.29, 0.717) is 24.2 Å². The van der Waals surface area contributed by atoms with Gasteiger partial charge in [-0.15, -0.1) is 0 Å². The van der Waals surface area contributed by atoms with Crippen molar-refractivity contribution >= 4 is 0 Å². The number of nitrogens with one attached hydrogen (secondary N) is 1. The number of morpholine rings is 1. The molecule has 1 saturated heterocycles. The van der Waals surface area contributed by atoms with E-state index in [2.05, 4.69) is 42.3 Å². The molecule has 0 amide bonds. The van der Waals surface area contributed by atoms with Crippen LogP contribution in [-0.4, -0.2) is 49.9 Å². The van der Waals surface area contributed by atoms with E-state index in [9.17, 15) is 0 Å². The highest BCUT2D eigenvalue weighted by Gasteiger charge is 2.39. The lowest BCUT2D eigenvalue weighted by molar-refractivity contribution is -0.0867. The number of benzene rings is 1. The van der Waals surface area contributed by atoms with Crippen LogP contribution in [0.2, 0.25) is 0 Å². The van der Waals surface area contributed by atoms with Crippen LogP contribution in [-0.2, 0) is 4.74 Å². The molecule has 4 atom stereocenters. The molecular weight excluding hydrogens is 264 g/mol. The SMILES string of the molecule is CCC1COC(C)CN1C1COc2ccccc2C1NC. The summed E-state index contributed by atoms with van der Waals surface area (Å²) in [6.07, 6.45) is 1.41. The molecule has 116 valence electrons. The van der Waals surface area contributed by atoms with Gasteiger partial charge in [0, 0.05) is 18.2 Å². The molecule has 1 fully saturated rings. The number of para-hydroxylation sites is 1. The minimum absolute atomic E-state index is 0.294. The standard InChI is InChI=1S/C17H26N2O2/c1-4-13-10-20-12(2)9-19(13)15-11-21-16-8-6-5-7-14(16)17(15)18-3/h5-8,12-13,15,17-18H,4,9-11H2,1-3H3. The molecule has 0 radical (unpaired) electrons. The number of fused-ring (bicyclic) bond motifs is 1. The first-order valence-corrected chi connectivity index (χ1v) is 8.01. The van der Waals surface area contributed by atoms with Gasteiger partial charge in [-0.25, -0.2) is 0 Å². The van der Waals surface area contributed by atoms with Gasteiger partial charge in [0.05, 0.1) is 24.8 Å². The van der Waals surface area contributed by atoms with Gasteiger partial charge in [0.15, 0.2) is 0 Å². The number of rotatable bonds is 3. The van der Waals surface area contributed by atoms with Crippen molar-refractivity contribution in [1.82, 2.24) is 10.2 Å².